The highest BCUT2D eigenvalue weighted by molar-refractivity contribution is 5.77. The van der Waals surface area contributed by atoms with Gasteiger partial charge in [-0.2, -0.15) is 0 Å². The van der Waals surface area contributed by atoms with Crippen LogP contribution in [0.4, 0.5) is 0 Å². The Morgan fingerprint density at radius 2 is 2.12 bits per heavy atom. The summed E-state index contributed by atoms with van der Waals surface area (Å²) in [6.45, 7) is 6.41. The van der Waals surface area contributed by atoms with Gasteiger partial charge in [0, 0.05) is 12.5 Å². The van der Waals surface area contributed by atoms with Gasteiger partial charge >= 0.3 is 0 Å². The molecular formula is C6H13NO. The van der Waals surface area contributed by atoms with Gasteiger partial charge in [-0.1, -0.05) is 13.8 Å². The Kier molecular flexibility index (Phi) is 3.24. The molecule has 0 aromatic heterocycles. The van der Waals surface area contributed by atoms with Crippen LogP contribution in [0.5, 0.6) is 0 Å². The molecule has 1 amide bonds. The largest absolute Gasteiger partial charge is 0.356 e. The maximum absolute atomic E-state index is 10.6. The highest BCUT2D eigenvalue weighted by Crippen LogP contribution is 1.88. The van der Waals surface area contributed by atoms with Gasteiger partial charge in [0.15, 0.2) is 0 Å². The first-order chi connectivity index (χ1) is 3.68. The number of amides is 1. The molecule has 0 saturated carbocycles. The van der Waals surface area contributed by atoms with Crippen LogP contribution < -0.4 is 5.32 Å². The van der Waals surface area contributed by atoms with E-state index in [1.54, 1.807) is 0 Å². The summed E-state index contributed by atoms with van der Waals surface area (Å²) in [5.41, 5.74) is 0. The molecule has 0 rings (SSSR count). The van der Waals surface area contributed by atoms with E-state index in [4.69, 9.17) is 0 Å². The second-order valence-corrected chi connectivity index (χ2v) is 2.05. The Morgan fingerprint density at radius 1 is 1.62 bits per heavy atom. The monoisotopic (exact) mass is 115 g/mol. The van der Waals surface area contributed by atoms with Gasteiger partial charge in [-0.15, -0.1) is 0 Å². The zero-order valence-electron chi connectivity index (χ0n) is 5.69. The predicted molar refractivity (Wildman–Crippen MR) is 33.5 cm³/mol. The number of carbonyl (C=O) groups excluding carboxylic acids is 1. The summed E-state index contributed by atoms with van der Waals surface area (Å²) in [7, 11) is 0. The first kappa shape index (κ1) is 7.47. The quantitative estimate of drug-likeness (QED) is 0.566. The lowest BCUT2D eigenvalue weighted by atomic mass is 10.2. The van der Waals surface area contributed by atoms with E-state index in [1.807, 2.05) is 20.8 Å². The van der Waals surface area contributed by atoms with Gasteiger partial charge in [0.05, 0.1) is 0 Å². The third-order valence-corrected chi connectivity index (χ3v) is 0.875. The zero-order chi connectivity index (χ0) is 6.57. The maximum Gasteiger partial charge on any atom is 0.222 e. The first-order valence-corrected chi connectivity index (χ1v) is 2.96. The van der Waals surface area contributed by atoms with Crippen molar-refractivity contribution in [3.05, 3.63) is 0 Å². The van der Waals surface area contributed by atoms with Crippen molar-refractivity contribution in [1.29, 1.82) is 0 Å². The van der Waals surface area contributed by atoms with Crippen LogP contribution in [0.25, 0.3) is 0 Å². The van der Waals surface area contributed by atoms with Crippen molar-refractivity contribution in [2.75, 3.05) is 6.54 Å². The molecule has 48 valence electrons. The fourth-order valence-corrected chi connectivity index (χ4v) is 0.378. The average molecular weight is 115 g/mol. The van der Waals surface area contributed by atoms with Gasteiger partial charge < -0.3 is 5.32 Å². The Hall–Kier alpha value is -0.530. The van der Waals surface area contributed by atoms with Gasteiger partial charge in [-0.3, -0.25) is 4.79 Å². The van der Waals surface area contributed by atoms with E-state index in [-0.39, 0.29) is 11.8 Å². The molecule has 0 spiro atoms. The molecule has 0 saturated heterocycles. The summed E-state index contributed by atoms with van der Waals surface area (Å²) < 4.78 is 0. The topological polar surface area (TPSA) is 29.1 Å². The minimum Gasteiger partial charge on any atom is -0.356 e. The van der Waals surface area contributed by atoms with Crippen molar-refractivity contribution in [3.8, 4) is 0 Å². The molecule has 0 radical (unpaired) electrons. The Morgan fingerprint density at radius 3 is 2.25 bits per heavy atom. The molecule has 0 aromatic rings. The first-order valence-electron chi connectivity index (χ1n) is 2.96. The van der Waals surface area contributed by atoms with E-state index in [2.05, 4.69) is 5.32 Å². The summed E-state index contributed by atoms with van der Waals surface area (Å²) in [6, 6.07) is 0. The highest BCUT2D eigenvalue weighted by atomic mass is 16.1. The lowest BCUT2D eigenvalue weighted by molar-refractivity contribution is -0.123. The van der Waals surface area contributed by atoms with Crippen molar-refractivity contribution >= 4 is 5.91 Å². The highest BCUT2D eigenvalue weighted by Gasteiger charge is 2.02. The van der Waals surface area contributed by atoms with Crippen LogP contribution in [0.3, 0.4) is 0 Å². The molecule has 2 nitrogen and oxygen atoms in total. The van der Waals surface area contributed by atoms with Crippen LogP contribution in [-0.2, 0) is 4.79 Å². The third kappa shape index (κ3) is 2.61. The van der Waals surface area contributed by atoms with E-state index in [9.17, 15) is 4.79 Å². The molecule has 0 heterocycles. The van der Waals surface area contributed by atoms with Crippen molar-refractivity contribution in [2.24, 2.45) is 5.92 Å². The van der Waals surface area contributed by atoms with Crippen molar-refractivity contribution in [1.82, 2.24) is 5.32 Å². The van der Waals surface area contributed by atoms with Gasteiger partial charge in [0.2, 0.25) is 5.91 Å². The number of carbonyl (C=O) groups is 1. The Labute approximate surface area is 50.3 Å². The number of hydrogen-bond donors (Lipinski definition) is 1. The van der Waals surface area contributed by atoms with Crippen LogP contribution in [0.15, 0.2) is 0 Å². The molecule has 0 bridgehead atoms. The van der Waals surface area contributed by atoms with E-state index in [1.165, 1.54) is 0 Å². The molecule has 0 aromatic carbocycles. The third-order valence-electron chi connectivity index (χ3n) is 0.875. The second kappa shape index (κ2) is 3.47. The predicted octanol–water partition coefficient (Wildman–Crippen LogP) is 0.778. The number of nitrogens with one attached hydrogen (secondary N) is 1. The van der Waals surface area contributed by atoms with Gasteiger partial charge in [-0.25, -0.2) is 0 Å². The van der Waals surface area contributed by atoms with Crippen LogP contribution in [0.1, 0.15) is 20.8 Å². The number of rotatable bonds is 2. The number of hydrogen-bond acceptors (Lipinski definition) is 1. The summed E-state index contributed by atoms with van der Waals surface area (Å²) in [4.78, 5) is 10.6. The van der Waals surface area contributed by atoms with E-state index >= 15 is 0 Å². The molecule has 8 heavy (non-hydrogen) atoms. The van der Waals surface area contributed by atoms with E-state index in [0.29, 0.717) is 0 Å². The molecule has 0 aliphatic heterocycles. The normalized spacial score (nSPS) is 9.50. The fraction of sp³-hybridized carbons (Fsp3) is 0.833. The SMILES string of the molecule is CCNC(=O)C(C)C. The smallest absolute Gasteiger partial charge is 0.222 e. The van der Waals surface area contributed by atoms with Crippen LogP contribution in [0.2, 0.25) is 0 Å². The second-order valence-electron chi connectivity index (χ2n) is 2.05. The molecular weight excluding hydrogens is 102 g/mol. The zero-order valence-corrected chi connectivity index (χ0v) is 5.69. The van der Waals surface area contributed by atoms with Gasteiger partial charge in [-0.05, 0) is 6.92 Å². The van der Waals surface area contributed by atoms with E-state index < -0.39 is 0 Å². The van der Waals surface area contributed by atoms with Crippen LogP contribution in [-0.4, -0.2) is 12.5 Å². The molecule has 1 N–H and O–H groups in total. The summed E-state index contributed by atoms with van der Waals surface area (Å²) in [6.07, 6.45) is 0. The fourth-order valence-electron chi connectivity index (χ4n) is 0.378. The molecule has 2 heteroatoms. The van der Waals surface area contributed by atoms with Gasteiger partial charge in [0.25, 0.3) is 0 Å². The Bertz CT molecular complexity index is 78.6. The summed E-state index contributed by atoms with van der Waals surface area (Å²) in [5.74, 6) is 0.252. The van der Waals surface area contributed by atoms with Gasteiger partial charge in [0.1, 0.15) is 0 Å². The molecule has 0 aliphatic rings. The summed E-state index contributed by atoms with van der Waals surface area (Å²) >= 11 is 0. The van der Waals surface area contributed by atoms with Crippen molar-refractivity contribution < 1.29 is 4.79 Å². The molecule has 0 atom stereocenters. The standard InChI is InChI=1S/C6H13NO/c1-4-7-6(8)5(2)3/h5H,4H2,1-3H3,(H,7,8). The maximum atomic E-state index is 10.6. The molecule has 0 fully saturated rings. The average Bonchev–Trinajstić information content (AvgIpc) is 1.67. The van der Waals surface area contributed by atoms with Crippen LogP contribution >= 0.6 is 0 Å². The summed E-state index contributed by atoms with van der Waals surface area (Å²) in [5, 5.41) is 2.71. The molecule has 0 aliphatic carbocycles. The minimum absolute atomic E-state index is 0.120. The molecule has 0 unspecified atom stereocenters. The minimum atomic E-state index is 0.120. The lowest BCUT2D eigenvalue weighted by Gasteiger charge is -2.02. The lowest BCUT2D eigenvalue weighted by Crippen LogP contribution is -2.26. The van der Waals surface area contributed by atoms with Crippen molar-refractivity contribution in [3.63, 3.8) is 0 Å². The Balaban J connectivity index is 3.33. The van der Waals surface area contributed by atoms with E-state index in [0.717, 1.165) is 6.54 Å². The van der Waals surface area contributed by atoms with Crippen molar-refractivity contribution in [2.45, 2.75) is 20.8 Å². The van der Waals surface area contributed by atoms with Crippen LogP contribution in [0, 0.1) is 5.92 Å².